The number of carbonyl (C=O) groups excluding carboxylic acids is 1. The molecular weight excluding hydrogens is 313 g/mol. The summed E-state index contributed by atoms with van der Waals surface area (Å²) in [5.74, 6) is 0.896. The Bertz CT molecular complexity index is 651. The molecule has 0 saturated heterocycles. The van der Waals surface area contributed by atoms with Gasteiger partial charge in [-0.3, -0.25) is 4.79 Å². The molecule has 0 aliphatic rings. The van der Waals surface area contributed by atoms with Gasteiger partial charge in [0, 0.05) is 17.4 Å². The van der Waals surface area contributed by atoms with Crippen molar-refractivity contribution in [3.63, 3.8) is 0 Å². The number of amides is 1. The summed E-state index contributed by atoms with van der Waals surface area (Å²) in [7, 11) is 0. The van der Waals surface area contributed by atoms with Gasteiger partial charge in [-0.15, -0.1) is 11.8 Å². The van der Waals surface area contributed by atoms with E-state index in [-0.39, 0.29) is 16.7 Å². The van der Waals surface area contributed by atoms with Crippen LogP contribution < -0.4 is 10.5 Å². The number of benzene rings is 2. The molecule has 0 aliphatic heterocycles. The standard InChI is InChI=1S/C15H13ClFNO2S/c16-12-6-5-11(7-13(12)17)20-14-4-2-1-3-10(14)8-21-9-15(18)19/h1-7H,8-9H2,(H2,18,19). The maximum absolute atomic E-state index is 13.4. The zero-order valence-electron chi connectivity index (χ0n) is 11.0. The third-order valence-corrected chi connectivity index (χ3v) is 3.90. The fraction of sp³-hybridized carbons (Fsp3) is 0.133. The Morgan fingerprint density at radius 1 is 1.29 bits per heavy atom. The summed E-state index contributed by atoms with van der Waals surface area (Å²) in [5, 5.41) is 0.0487. The fourth-order valence-corrected chi connectivity index (χ4v) is 2.53. The maximum atomic E-state index is 13.4. The Labute approximate surface area is 131 Å². The summed E-state index contributed by atoms with van der Waals surface area (Å²) < 4.78 is 19.1. The highest BCUT2D eigenvalue weighted by Crippen LogP contribution is 2.29. The van der Waals surface area contributed by atoms with Gasteiger partial charge < -0.3 is 10.5 Å². The average Bonchev–Trinajstić information content (AvgIpc) is 2.44. The molecule has 0 heterocycles. The lowest BCUT2D eigenvalue weighted by Gasteiger charge is -2.11. The van der Waals surface area contributed by atoms with Crippen molar-refractivity contribution in [3.8, 4) is 11.5 Å². The fourth-order valence-electron chi connectivity index (χ4n) is 1.65. The topological polar surface area (TPSA) is 52.3 Å². The summed E-state index contributed by atoms with van der Waals surface area (Å²) in [4.78, 5) is 10.8. The van der Waals surface area contributed by atoms with Gasteiger partial charge >= 0.3 is 0 Å². The van der Waals surface area contributed by atoms with Gasteiger partial charge in [-0.1, -0.05) is 29.8 Å². The van der Waals surface area contributed by atoms with E-state index < -0.39 is 5.82 Å². The number of hydrogen-bond donors (Lipinski definition) is 1. The quantitative estimate of drug-likeness (QED) is 0.873. The van der Waals surface area contributed by atoms with E-state index in [4.69, 9.17) is 22.1 Å². The monoisotopic (exact) mass is 325 g/mol. The van der Waals surface area contributed by atoms with Crippen LogP contribution in [0.3, 0.4) is 0 Å². The first-order valence-electron chi connectivity index (χ1n) is 6.13. The van der Waals surface area contributed by atoms with Gasteiger partial charge in [-0.05, 0) is 18.2 Å². The Balaban J connectivity index is 2.12. The molecule has 0 aliphatic carbocycles. The molecule has 0 aromatic heterocycles. The number of primary amides is 1. The van der Waals surface area contributed by atoms with Gasteiger partial charge in [-0.2, -0.15) is 0 Å². The highest BCUT2D eigenvalue weighted by atomic mass is 35.5. The van der Waals surface area contributed by atoms with E-state index in [0.29, 0.717) is 17.3 Å². The van der Waals surface area contributed by atoms with Crippen molar-refractivity contribution in [2.45, 2.75) is 5.75 Å². The maximum Gasteiger partial charge on any atom is 0.227 e. The molecule has 21 heavy (non-hydrogen) atoms. The van der Waals surface area contributed by atoms with Crippen LogP contribution in [0.1, 0.15) is 5.56 Å². The molecule has 0 unspecified atom stereocenters. The minimum absolute atomic E-state index is 0.0487. The minimum atomic E-state index is -0.533. The molecule has 3 nitrogen and oxygen atoms in total. The van der Waals surface area contributed by atoms with Crippen LogP contribution in [0.4, 0.5) is 4.39 Å². The Morgan fingerprint density at radius 2 is 2.05 bits per heavy atom. The van der Waals surface area contributed by atoms with E-state index in [1.54, 1.807) is 12.1 Å². The van der Waals surface area contributed by atoms with Crippen molar-refractivity contribution in [2.75, 3.05) is 5.75 Å². The van der Waals surface area contributed by atoms with Crippen LogP contribution >= 0.6 is 23.4 Å². The predicted molar refractivity (Wildman–Crippen MR) is 83.3 cm³/mol. The smallest absolute Gasteiger partial charge is 0.227 e. The molecule has 0 bridgehead atoms. The molecular formula is C15H13ClFNO2S. The third-order valence-electron chi connectivity index (χ3n) is 2.59. The van der Waals surface area contributed by atoms with Crippen LogP contribution in [0.5, 0.6) is 11.5 Å². The van der Waals surface area contributed by atoms with Gasteiger partial charge in [-0.25, -0.2) is 4.39 Å². The summed E-state index contributed by atoms with van der Waals surface area (Å²) in [5.41, 5.74) is 6.01. The number of nitrogens with two attached hydrogens (primary N) is 1. The zero-order chi connectivity index (χ0) is 15.2. The van der Waals surface area contributed by atoms with Gasteiger partial charge in [0.2, 0.25) is 5.91 Å². The Kier molecular flexibility index (Phi) is 5.47. The van der Waals surface area contributed by atoms with E-state index in [1.807, 2.05) is 18.2 Å². The molecule has 2 aromatic carbocycles. The van der Waals surface area contributed by atoms with Crippen molar-refractivity contribution in [3.05, 3.63) is 58.9 Å². The molecule has 110 valence electrons. The molecule has 0 atom stereocenters. The number of para-hydroxylation sites is 1. The normalized spacial score (nSPS) is 10.4. The van der Waals surface area contributed by atoms with Crippen LogP contribution in [0.15, 0.2) is 42.5 Å². The molecule has 0 fully saturated rings. The van der Waals surface area contributed by atoms with Crippen LogP contribution in [0, 0.1) is 5.82 Å². The van der Waals surface area contributed by atoms with Crippen molar-refractivity contribution >= 4 is 29.3 Å². The number of carbonyl (C=O) groups is 1. The molecule has 1 amide bonds. The molecule has 2 rings (SSSR count). The van der Waals surface area contributed by atoms with Gasteiger partial charge in [0.15, 0.2) is 0 Å². The number of ether oxygens (including phenoxy) is 1. The number of hydrogen-bond acceptors (Lipinski definition) is 3. The Morgan fingerprint density at radius 3 is 2.76 bits per heavy atom. The number of rotatable bonds is 6. The first-order valence-corrected chi connectivity index (χ1v) is 7.66. The van der Waals surface area contributed by atoms with Crippen LogP contribution in [-0.4, -0.2) is 11.7 Å². The van der Waals surface area contributed by atoms with Crippen molar-refractivity contribution in [1.82, 2.24) is 0 Å². The second-order valence-corrected chi connectivity index (χ2v) is 5.64. The highest BCUT2D eigenvalue weighted by Gasteiger charge is 2.07. The van der Waals surface area contributed by atoms with Crippen molar-refractivity contribution < 1.29 is 13.9 Å². The van der Waals surface area contributed by atoms with Gasteiger partial charge in [0.05, 0.1) is 10.8 Å². The van der Waals surface area contributed by atoms with Crippen molar-refractivity contribution in [1.29, 1.82) is 0 Å². The molecule has 0 radical (unpaired) electrons. The minimum Gasteiger partial charge on any atom is -0.457 e. The first-order chi connectivity index (χ1) is 10.1. The van der Waals surface area contributed by atoms with Crippen LogP contribution in [0.2, 0.25) is 5.02 Å². The van der Waals surface area contributed by atoms with Gasteiger partial charge in [0.25, 0.3) is 0 Å². The van der Waals surface area contributed by atoms with E-state index in [9.17, 15) is 9.18 Å². The van der Waals surface area contributed by atoms with E-state index in [0.717, 1.165) is 5.56 Å². The Hall–Kier alpha value is -1.72. The summed E-state index contributed by atoms with van der Waals surface area (Å²) >= 11 is 7.03. The molecule has 2 aromatic rings. The highest BCUT2D eigenvalue weighted by molar-refractivity contribution is 7.99. The molecule has 2 N–H and O–H groups in total. The van der Waals surface area contributed by atoms with E-state index in [1.165, 1.54) is 23.9 Å². The average molecular weight is 326 g/mol. The second-order valence-electron chi connectivity index (χ2n) is 4.24. The largest absolute Gasteiger partial charge is 0.457 e. The predicted octanol–water partition coefficient (Wildman–Crippen LogP) is 3.99. The lowest BCUT2D eigenvalue weighted by molar-refractivity contribution is -0.115. The van der Waals surface area contributed by atoms with E-state index in [2.05, 4.69) is 0 Å². The molecule has 6 heteroatoms. The SMILES string of the molecule is NC(=O)CSCc1ccccc1Oc1ccc(Cl)c(F)c1. The number of thioether (sulfide) groups is 1. The zero-order valence-corrected chi connectivity index (χ0v) is 12.6. The molecule has 0 spiro atoms. The van der Waals surface area contributed by atoms with E-state index >= 15 is 0 Å². The summed E-state index contributed by atoms with van der Waals surface area (Å²) in [6.07, 6.45) is 0. The lowest BCUT2D eigenvalue weighted by Crippen LogP contribution is -2.13. The van der Waals surface area contributed by atoms with Gasteiger partial charge in [0.1, 0.15) is 17.3 Å². The van der Waals surface area contributed by atoms with Crippen LogP contribution in [-0.2, 0) is 10.5 Å². The second kappa shape index (κ2) is 7.33. The number of halogens is 2. The van der Waals surface area contributed by atoms with Crippen molar-refractivity contribution in [2.24, 2.45) is 5.73 Å². The van der Waals surface area contributed by atoms with Crippen LogP contribution in [0.25, 0.3) is 0 Å². The lowest BCUT2D eigenvalue weighted by atomic mass is 10.2. The first kappa shape index (κ1) is 15.7. The summed E-state index contributed by atoms with van der Waals surface area (Å²) in [6, 6.07) is 11.6. The third kappa shape index (κ3) is 4.65. The molecule has 0 saturated carbocycles. The summed E-state index contributed by atoms with van der Waals surface area (Å²) in [6.45, 7) is 0.